The predicted octanol–water partition coefficient (Wildman–Crippen LogP) is 7.96. The van der Waals surface area contributed by atoms with Crippen molar-refractivity contribution in [1.29, 1.82) is 0 Å². The molecule has 41 heavy (non-hydrogen) atoms. The smallest absolute Gasteiger partial charge is 0.164 e. The van der Waals surface area contributed by atoms with Crippen molar-refractivity contribution < 1.29 is 51.7 Å². The van der Waals surface area contributed by atoms with Crippen LogP contribution < -0.4 is 0 Å². The fourth-order valence-corrected chi connectivity index (χ4v) is 2.38. The molecule has 7 heteroatoms. The third kappa shape index (κ3) is 22.8. The van der Waals surface area contributed by atoms with Crippen LogP contribution in [0.4, 0.5) is 0 Å². The minimum Gasteiger partial charge on any atom is -0.507 e. The number of benzene rings is 2. The Morgan fingerprint density at radius 2 is 0.878 bits per heavy atom. The molecule has 0 aliphatic rings. The van der Waals surface area contributed by atoms with E-state index in [1.54, 1.807) is 24.3 Å². The molecule has 0 saturated heterocycles. The van der Waals surface area contributed by atoms with Crippen molar-refractivity contribution in [2.45, 2.75) is 81.1 Å². The van der Waals surface area contributed by atoms with Crippen molar-refractivity contribution in [3.8, 4) is 0 Å². The maximum absolute atomic E-state index is 11.6. The van der Waals surface area contributed by atoms with Crippen LogP contribution in [0.5, 0.6) is 0 Å². The van der Waals surface area contributed by atoms with Gasteiger partial charge in [0.15, 0.2) is 11.6 Å². The molecule has 0 aliphatic heterocycles. The third-order valence-corrected chi connectivity index (χ3v) is 5.18. The monoisotopic (exact) mass is 604 g/mol. The van der Waals surface area contributed by atoms with E-state index in [0.717, 1.165) is 25.7 Å². The molecule has 0 aliphatic carbocycles. The molecule has 0 unspecified atom stereocenters. The second kappa shape index (κ2) is 24.1. The van der Waals surface area contributed by atoms with Crippen LogP contribution in [0.2, 0.25) is 0 Å². The van der Waals surface area contributed by atoms with Gasteiger partial charge in [-0.2, -0.15) is 0 Å². The van der Waals surface area contributed by atoms with Crippen molar-refractivity contribution in [2.75, 3.05) is 13.2 Å². The van der Waals surface area contributed by atoms with Crippen LogP contribution in [-0.4, -0.2) is 45.2 Å². The van der Waals surface area contributed by atoms with E-state index >= 15 is 0 Å². The van der Waals surface area contributed by atoms with Crippen molar-refractivity contribution in [3.63, 3.8) is 0 Å². The van der Waals surface area contributed by atoms with Crippen molar-refractivity contribution in [3.05, 3.63) is 83.9 Å². The minimum absolute atomic E-state index is 0. The van der Waals surface area contributed by atoms with Crippen LogP contribution in [0.1, 0.15) is 92.2 Å². The fraction of sp³-hybridized carbons (Fsp3) is 0.471. The zero-order valence-electron chi connectivity index (χ0n) is 26.3. The van der Waals surface area contributed by atoms with E-state index in [0.29, 0.717) is 24.3 Å². The number of allylic oxidation sites excluding steroid dienone is 2. The van der Waals surface area contributed by atoms with Gasteiger partial charge in [0.05, 0.1) is 0 Å². The van der Waals surface area contributed by atoms with E-state index in [9.17, 15) is 19.8 Å². The van der Waals surface area contributed by atoms with Gasteiger partial charge in [-0.15, -0.1) is 0 Å². The maximum atomic E-state index is 11.6. The molecule has 0 fully saturated rings. The molecule has 4 N–H and O–H groups in total. The molecular formula is C34H52O6Ti. The standard InChI is InChI=1S/2C13H16O2.2C4H10O.Ti/c2*1-13(2,3)12(15)9-11(14)10-7-5-4-6-8-10;2*1-2-3-4-5;/h2*4-9,14H,1-3H3;2*5H,2-4H2,1H3;/b2*11-9-;;;. The van der Waals surface area contributed by atoms with Gasteiger partial charge in [-0.05, 0) is 12.8 Å². The normalized spacial score (nSPS) is 11.3. The van der Waals surface area contributed by atoms with Crippen LogP contribution in [0.25, 0.3) is 11.5 Å². The van der Waals surface area contributed by atoms with Crippen LogP contribution in [-0.2, 0) is 31.3 Å². The second-order valence-corrected chi connectivity index (χ2v) is 11.2. The molecule has 2 rings (SSSR count). The van der Waals surface area contributed by atoms with E-state index in [-0.39, 0.29) is 44.8 Å². The Hall–Kier alpha value is -2.51. The summed E-state index contributed by atoms with van der Waals surface area (Å²) in [4.78, 5) is 23.2. The molecule has 2 aromatic rings. The van der Waals surface area contributed by atoms with E-state index < -0.39 is 10.8 Å². The minimum atomic E-state index is -0.456. The number of aliphatic hydroxyl groups excluding tert-OH is 4. The number of carbonyl (C=O) groups excluding carboxylic acids is 2. The molecule has 6 nitrogen and oxygen atoms in total. The maximum Gasteiger partial charge on any atom is 0.164 e. The summed E-state index contributed by atoms with van der Waals surface area (Å²) in [6.07, 6.45) is 6.65. The van der Waals surface area contributed by atoms with E-state index in [1.165, 1.54) is 12.2 Å². The molecule has 0 heterocycles. The third-order valence-electron chi connectivity index (χ3n) is 5.18. The van der Waals surface area contributed by atoms with Crippen LogP contribution >= 0.6 is 0 Å². The Kier molecular flexibility index (Phi) is 25.3. The second-order valence-electron chi connectivity index (χ2n) is 11.2. The van der Waals surface area contributed by atoms with Gasteiger partial charge in [0.1, 0.15) is 11.5 Å². The van der Waals surface area contributed by atoms with E-state index in [1.807, 2.05) is 77.9 Å². The number of hydrogen-bond donors (Lipinski definition) is 4. The van der Waals surface area contributed by atoms with Crippen LogP contribution in [0.15, 0.2) is 72.8 Å². The molecule has 2 aromatic carbocycles. The Balaban J connectivity index is -0.000000523. The molecule has 0 aromatic heterocycles. The molecule has 0 saturated carbocycles. The quantitative estimate of drug-likeness (QED) is 0.138. The molecule has 228 valence electrons. The molecular weight excluding hydrogens is 552 g/mol. The van der Waals surface area contributed by atoms with Gasteiger partial charge in [0, 0.05) is 69.0 Å². The van der Waals surface area contributed by atoms with Gasteiger partial charge in [-0.3, -0.25) is 9.59 Å². The Labute approximate surface area is 263 Å². The van der Waals surface area contributed by atoms with E-state index in [4.69, 9.17) is 10.2 Å². The van der Waals surface area contributed by atoms with E-state index in [2.05, 4.69) is 13.8 Å². The summed E-state index contributed by atoms with van der Waals surface area (Å²) in [6.45, 7) is 15.7. The summed E-state index contributed by atoms with van der Waals surface area (Å²) in [7, 11) is 0. The van der Waals surface area contributed by atoms with Crippen LogP contribution in [0, 0.1) is 10.8 Å². The first-order chi connectivity index (χ1) is 18.6. The van der Waals surface area contributed by atoms with Gasteiger partial charge in [-0.25, -0.2) is 0 Å². The molecule has 0 spiro atoms. The van der Waals surface area contributed by atoms with Gasteiger partial charge < -0.3 is 20.4 Å². The summed E-state index contributed by atoms with van der Waals surface area (Å²) in [5.74, 6) is -0.112. The molecule has 0 radical (unpaired) electrons. The van der Waals surface area contributed by atoms with Gasteiger partial charge in [0.25, 0.3) is 0 Å². The number of rotatable bonds is 8. The largest absolute Gasteiger partial charge is 0.507 e. The summed E-state index contributed by atoms with van der Waals surface area (Å²) in [5, 5.41) is 35.5. The Morgan fingerprint density at radius 1 is 0.610 bits per heavy atom. The summed E-state index contributed by atoms with van der Waals surface area (Å²) in [6, 6.07) is 18.1. The van der Waals surface area contributed by atoms with Crippen molar-refractivity contribution in [2.24, 2.45) is 10.8 Å². The first-order valence-electron chi connectivity index (χ1n) is 13.9. The predicted molar refractivity (Wildman–Crippen MR) is 167 cm³/mol. The number of ketones is 2. The summed E-state index contributed by atoms with van der Waals surface area (Å²) >= 11 is 0. The fourth-order valence-electron chi connectivity index (χ4n) is 2.38. The Bertz CT molecular complexity index is 914. The van der Waals surface area contributed by atoms with Crippen LogP contribution in [0.3, 0.4) is 0 Å². The summed E-state index contributed by atoms with van der Waals surface area (Å²) in [5.41, 5.74) is 0.413. The molecule has 0 bridgehead atoms. The summed E-state index contributed by atoms with van der Waals surface area (Å²) < 4.78 is 0. The SMILES string of the molecule is CC(C)(C)C(=O)/C=C(\O)c1ccccc1.CC(C)(C)C(=O)/C=C(\O)c1ccccc1.CCCCO.CCCCO.[Ti]. The average Bonchev–Trinajstić information content (AvgIpc) is 2.90. The zero-order valence-corrected chi connectivity index (χ0v) is 27.8. The number of unbranched alkanes of at least 4 members (excludes halogenated alkanes) is 2. The molecule has 0 amide bonds. The van der Waals surface area contributed by atoms with Gasteiger partial charge in [-0.1, -0.05) is 129 Å². The number of carbonyl (C=O) groups is 2. The van der Waals surface area contributed by atoms with Gasteiger partial charge >= 0.3 is 0 Å². The van der Waals surface area contributed by atoms with Gasteiger partial charge in [0.2, 0.25) is 0 Å². The van der Waals surface area contributed by atoms with Crippen molar-refractivity contribution >= 4 is 23.1 Å². The topological polar surface area (TPSA) is 115 Å². The Morgan fingerprint density at radius 3 is 1.05 bits per heavy atom. The zero-order chi connectivity index (χ0) is 31.2. The first kappa shape index (κ1) is 43.0. The average molecular weight is 605 g/mol. The molecule has 0 atom stereocenters. The number of aliphatic hydroxyl groups is 4. The van der Waals surface area contributed by atoms with Crippen molar-refractivity contribution in [1.82, 2.24) is 0 Å². The first-order valence-corrected chi connectivity index (χ1v) is 13.9. The number of hydrogen-bond acceptors (Lipinski definition) is 6.